The van der Waals surface area contributed by atoms with E-state index in [9.17, 15) is 5.11 Å². The summed E-state index contributed by atoms with van der Waals surface area (Å²) < 4.78 is 1.78. The van der Waals surface area contributed by atoms with Crippen LogP contribution in [0.25, 0.3) is 5.57 Å². The second-order valence-corrected chi connectivity index (χ2v) is 5.47. The first-order valence-corrected chi connectivity index (χ1v) is 6.45. The summed E-state index contributed by atoms with van der Waals surface area (Å²) in [6.07, 6.45) is 4.96. The lowest BCUT2D eigenvalue weighted by Crippen LogP contribution is -2.35. The van der Waals surface area contributed by atoms with Crippen molar-refractivity contribution in [2.24, 2.45) is 17.8 Å². The first kappa shape index (κ1) is 10.3. The fourth-order valence-corrected chi connectivity index (χ4v) is 3.15. The van der Waals surface area contributed by atoms with Crippen LogP contribution in [0.5, 0.6) is 0 Å². The fraction of sp³-hybridized carbons (Fsp3) is 0.538. The van der Waals surface area contributed by atoms with Crippen LogP contribution in [0.2, 0.25) is 0 Å². The molecule has 5 nitrogen and oxygen atoms in total. The van der Waals surface area contributed by atoms with Crippen molar-refractivity contribution >= 4 is 5.57 Å². The predicted octanol–water partition coefficient (Wildman–Crippen LogP) is 1.19. The highest BCUT2D eigenvalue weighted by Gasteiger charge is 2.46. The van der Waals surface area contributed by atoms with Crippen LogP contribution in [0, 0.1) is 24.7 Å². The molecule has 3 unspecified atom stereocenters. The van der Waals surface area contributed by atoms with Crippen LogP contribution >= 0.6 is 0 Å². The minimum absolute atomic E-state index is 0.299. The number of aliphatic hydroxyl groups is 1. The number of nitrogens with one attached hydrogen (secondary N) is 1. The molecule has 18 heavy (non-hydrogen) atoms. The number of aryl methyl sites for hydroxylation is 1. The van der Waals surface area contributed by atoms with E-state index in [0.717, 1.165) is 17.3 Å². The standard InChI is InChI=1S/C13H16N4O/c1-6-3-4-8-5-9(8)10-11(6)14-13(18)17-7(2)15-16-12(10)17/h3-4,6,8-9,13-14,18H,5H2,1-2H3/t6-,8?,9?,13?/m1/s1. The Labute approximate surface area is 105 Å². The summed E-state index contributed by atoms with van der Waals surface area (Å²) in [5, 5.41) is 21.8. The van der Waals surface area contributed by atoms with Crippen molar-refractivity contribution in [1.82, 2.24) is 20.1 Å². The number of rotatable bonds is 0. The van der Waals surface area contributed by atoms with Crippen LogP contribution in [0.3, 0.4) is 0 Å². The number of aliphatic hydroxyl groups excluding tert-OH is 1. The van der Waals surface area contributed by atoms with Crippen LogP contribution in [-0.4, -0.2) is 19.9 Å². The van der Waals surface area contributed by atoms with E-state index < -0.39 is 6.35 Å². The van der Waals surface area contributed by atoms with Gasteiger partial charge in [0.2, 0.25) is 6.35 Å². The highest BCUT2D eigenvalue weighted by molar-refractivity contribution is 5.71. The van der Waals surface area contributed by atoms with Crippen LogP contribution in [0.15, 0.2) is 17.8 Å². The quantitative estimate of drug-likeness (QED) is 0.673. The molecular weight excluding hydrogens is 228 g/mol. The summed E-state index contributed by atoms with van der Waals surface area (Å²) in [7, 11) is 0. The van der Waals surface area contributed by atoms with Gasteiger partial charge in [0.25, 0.3) is 0 Å². The maximum Gasteiger partial charge on any atom is 0.211 e. The van der Waals surface area contributed by atoms with Crippen LogP contribution in [0.4, 0.5) is 0 Å². The summed E-state index contributed by atoms with van der Waals surface area (Å²) >= 11 is 0. The van der Waals surface area contributed by atoms with Gasteiger partial charge in [-0.25, -0.2) is 0 Å². The largest absolute Gasteiger partial charge is 0.356 e. The smallest absolute Gasteiger partial charge is 0.211 e. The third kappa shape index (κ3) is 1.20. The van der Waals surface area contributed by atoms with E-state index in [1.54, 1.807) is 4.57 Å². The number of allylic oxidation sites excluding steroid dienone is 3. The number of hydrogen-bond acceptors (Lipinski definition) is 4. The van der Waals surface area contributed by atoms with E-state index in [4.69, 9.17) is 0 Å². The van der Waals surface area contributed by atoms with E-state index in [0.29, 0.717) is 17.8 Å². The van der Waals surface area contributed by atoms with Gasteiger partial charge in [0.1, 0.15) is 5.82 Å². The van der Waals surface area contributed by atoms with Gasteiger partial charge in [0, 0.05) is 17.2 Å². The Bertz CT molecular complexity index is 586. The maximum absolute atomic E-state index is 10.2. The van der Waals surface area contributed by atoms with Crippen LogP contribution in [-0.2, 0) is 0 Å². The van der Waals surface area contributed by atoms with Gasteiger partial charge in [0.15, 0.2) is 5.82 Å². The molecule has 0 spiro atoms. The first-order chi connectivity index (χ1) is 8.66. The van der Waals surface area contributed by atoms with Crippen molar-refractivity contribution in [2.45, 2.75) is 26.6 Å². The molecule has 2 N–H and O–H groups in total. The third-order valence-electron chi connectivity index (χ3n) is 4.24. The molecule has 1 aromatic rings. The third-order valence-corrected chi connectivity index (χ3v) is 4.24. The second-order valence-electron chi connectivity index (χ2n) is 5.47. The van der Waals surface area contributed by atoms with Gasteiger partial charge in [-0.15, -0.1) is 10.2 Å². The highest BCUT2D eigenvalue weighted by Crippen LogP contribution is 2.53. The second kappa shape index (κ2) is 3.23. The Kier molecular flexibility index (Phi) is 1.85. The summed E-state index contributed by atoms with van der Waals surface area (Å²) in [5.74, 6) is 3.08. The molecular formula is C13H16N4O. The normalized spacial score (nSPS) is 36.4. The van der Waals surface area contributed by atoms with Gasteiger partial charge in [-0.2, -0.15) is 0 Å². The molecule has 1 fully saturated rings. The summed E-state index contributed by atoms with van der Waals surface area (Å²) in [6.45, 7) is 4.02. The summed E-state index contributed by atoms with van der Waals surface area (Å²) in [4.78, 5) is 0. The molecule has 0 bridgehead atoms. The zero-order chi connectivity index (χ0) is 12.4. The predicted molar refractivity (Wildman–Crippen MR) is 66.0 cm³/mol. The molecule has 0 aromatic carbocycles. The Hall–Kier alpha value is -1.62. The molecule has 2 heterocycles. The molecule has 1 aliphatic heterocycles. The van der Waals surface area contributed by atoms with Crippen LogP contribution < -0.4 is 5.32 Å². The van der Waals surface area contributed by atoms with Gasteiger partial charge in [-0.3, -0.25) is 4.57 Å². The lowest BCUT2D eigenvalue weighted by Gasteiger charge is -2.30. The SMILES string of the molecule is Cc1nnc2n1C(O)NC1=C2C2CC2C=C[C@H]1C. The highest BCUT2D eigenvalue weighted by atomic mass is 16.3. The summed E-state index contributed by atoms with van der Waals surface area (Å²) in [6, 6.07) is 0. The molecule has 1 saturated carbocycles. The molecule has 0 saturated heterocycles. The Balaban J connectivity index is 1.94. The van der Waals surface area contributed by atoms with Gasteiger partial charge >= 0.3 is 0 Å². The Morgan fingerprint density at radius 3 is 3.06 bits per heavy atom. The van der Waals surface area contributed by atoms with Crippen molar-refractivity contribution in [2.75, 3.05) is 0 Å². The zero-order valence-electron chi connectivity index (χ0n) is 10.5. The van der Waals surface area contributed by atoms with Crippen molar-refractivity contribution in [3.05, 3.63) is 29.5 Å². The maximum atomic E-state index is 10.2. The molecule has 2 aliphatic carbocycles. The average Bonchev–Trinajstić information content (AvgIpc) is 3.02. The number of hydrogen-bond donors (Lipinski definition) is 2. The van der Waals surface area contributed by atoms with E-state index in [2.05, 4.69) is 34.6 Å². The monoisotopic (exact) mass is 244 g/mol. The average molecular weight is 244 g/mol. The molecule has 0 radical (unpaired) electrons. The van der Waals surface area contributed by atoms with Crippen molar-refractivity contribution in [3.8, 4) is 0 Å². The Morgan fingerprint density at radius 1 is 1.39 bits per heavy atom. The van der Waals surface area contributed by atoms with E-state index in [1.807, 2.05) is 6.92 Å². The number of fused-ring (bicyclic) bond motifs is 4. The first-order valence-electron chi connectivity index (χ1n) is 6.45. The molecule has 4 atom stereocenters. The van der Waals surface area contributed by atoms with Gasteiger partial charge in [0.05, 0.1) is 0 Å². The molecule has 4 rings (SSSR count). The Morgan fingerprint density at radius 2 is 2.22 bits per heavy atom. The molecule has 1 aromatic heterocycles. The zero-order valence-corrected chi connectivity index (χ0v) is 10.5. The fourth-order valence-electron chi connectivity index (χ4n) is 3.15. The van der Waals surface area contributed by atoms with E-state index in [1.165, 1.54) is 12.0 Å². The number of aromatic nitrogens is 3. The van der Waals surface area contributed by atoms with Gasteiger partial charge in [-0.1, -0.05) is 19.1 Å². The van der Waals surface area contributed by atoms with Crippen molar-refractivity contribution in [1.29, 1.82) is 0 Å². The van der Waals surface area contributed by atoms with Crippen LogP contribution in [0.1, 0.15) is 31.3 Å². The molecule has 0 amide bonds. The minimum Gasteiger partial charge on any atom is -0.356 e. The topological polar surface area (TPSA) is 63.0 Å². The molecule has 94 valence electrons. The van der Waals surface area contributed by atoms with E-state index >= 15 is 0 Å². The summed E-state index contributed by atoms with van der Waals surface area (Å²) in [5.41, 5.74) is 2.37. The molecule has 5 heteroatoms. The lowest BCUT2D eigenvalue weighted by molar-refractivity contribution is 0.0693. The lowest BCUT2D eigenvalue weighted by atomic mass is 9.98. The van der Waals surface area contributed by atoms with Crippen molar-refractivity contribution < 1.29 is 5.11 Å². The van der Waals surface area contributed by atoms with Crippen molar-refractivity contribution in [3.63, 3.8) is 0 Å². The van der Waals surface area contributed by atoms with Gasteiger partial charge in [-0.05, 0) is 25.2 Å². The molecule has 3 aliphatic rings. The minimum atomic E-state index is -0.750. The van der Waals surface area contributed by atoms with Gasteiger partial charge < -0.3 is 10.4 Å². The number of nitrogens with zero attached hydrogens (tertiary/aromatic N) is 3. The van der Waals surface area contributed by atoms with E-state index in [-0.39, 0.29) is 0 Å².